The average molecular weight is 299 g/mol. The number of hydrogen-bond acceptors (Lipinski definition) is 4. The summed E-state index contributed by atoms with van der Waals surface area (Å²) in [5, 5.41) is 7.97. The largest absolute Gasteiger partial charge is 0.313 e. The van der Waals surface area contributed by atoms with Gasteiger partial charge < -0.3 is 5.32 Å². The second kappa shape index (κ2) is 8.98. The lowest BCUT2D eigenvalue weighted by molar-refractivity contribution is 0.511. The van der Waals surface area contributed by atoms with Gasteiger partial charge >= 0.3 is 0 Å². The summed E-state index contributed by atoms with van der Waals surface area (Å²) in [4.78, 5) is 4.43. The molecule has 2 rings (SSSR count). The fourth-order valence-electron chi connectivity index (χ4n) is 2.59. The highest BCUT2D eigenvalue weighted by Gasteiger charge is 2.17. The van der Waals surface area contributed by atoms with Crippen LogP contribution in [0, 0.1) is 0 Å². The van der Waals surface area contributed by atoms with Crippen molar-refractivity contribution in [3.05, 3.63) is 16.6 Å². The Bertz CT molecular complexity index is 321. The van der Waals surface area contributed by atoms with Gasteiger partial charge in [-0.1, -0.05) is 26.2 Å². The molecule has 2 nitrogen and oxygen atoms in total. The van der Waals surface area contributed by atoms with Crippen molar-refractivity contribution in [3.63, 3.8) is 0 Å². The number of aromatic nitrogens is 1. The SMILES string of the molecule is CCCNC(CSC1CCCCC1)Cc1nccs1. The lowest BCUT2D eigenvalue weighted by Crippen LogP contribution is -2.34. The van der Waals surface area contributed by atoms with Crippen molar-refractivity contribution >= 4 is 23.1 Å². The van der Waals surface area contributed by atoms with Crippen LogP contribution in [0.5, 0.6) is 0 Å². The molecule has 1 aliphatic carbocycles. The van der Waals surface area contributed by atoms with Crippen LogP contribution >= 0.6 is 23.1 Å². The maximum absolute atomic E-state index is 4.43. The smallest absolute Gasteiger partial charge is 0.0940 e. The molecule has 0 amide bonds. The van der Waals surface area contributed by atoms with Crippen molar-refractivity contribution in [2.45, 2.75) is 63.2 Å². The second-order valence-corrected chi connectivity index (χ2v) is 7.69. The Labute approximate surface area is 125 Å². The van der Waals surface area contributed by atoms with E-state index >= 15 is 0 Å². The highest BCUT2D eigenvalue weighted by atomic mass is 32.2. The van der Waals surface area contributed by atoms with E-state index in [0.29, 0.717) is 6.04 Å². The third-order valence-corrected chi connectivity index (χ3v) is 6.01. The highest BCUT2D eigenvalue weighted by Crippen LogP contribution is 2.29. The summed E-state index contributed by atoms with van der Waals surface area (Å²) >= 11 is 3.98. The van der Waals surface area contributed by atoms with Crippen molar-refractivity contribution in [2.24, 2.45) is 0 Å². The highest BCUT2D eigenvalue weighted by molar-refractivity contribution is 7.99. The Morgan fingerprint density at radius 2 is 2.26 bits per heavy atom. The number of rotatable bonds is 8. The van der Waals surface area contributed by atoms with Gasteiger partial charge in [-0.15, -0.1) is 11.3 Å². The topological polar surface area (TPSA) is 24.9 Å². The second-order valence-electron chi connectivity index (χ2n) is 5.37. The van der Waals surface area contributed by atoms with Crippen molar-refractivity contribution in [1.29, 1.82) is 0 Å². The molecule has 1 saturated carbocycles. The summed E-state index contributed by atoms with van der Waals surface area (Å²) in [6.07, 6.45) is 11.4. The molecule has 0 radical (unpaired) electrons. The van der Waals surface area contributed by atoms with Gasteiger partial charge in [0, 0.05) is 35.0 Å². The number of nitrogens with one attached hydrogen (secondary N) is 1. The minimum atomic E-state index is 0.595. The van der Waals surface area contributed by atoms with E-state index in [4.69, 9.17) is 0 Å². The maximum atomic E-state index is 4.43. The van der Waals surface area contributed by atoms with Crippen LogP contribution in [0.3, 0.4) is 0 Å². The zero-order chi connectivity index (χ0) is 13.3. The van der Waals surface area contributed by atoms with Gasteiger partial charge in [-0.2, -0.15) is 11.8 Å². The minimum absolute atomic E-state index is 0.595. The average Bonchev–Trinajstić information content (AvgIpc) is 2.96. The Balaban J connectivity index is 1.75. The molecule has 1 fully saturated rings. The molecule has 1 atom stereocenters. The van der Waals surface area contributed by atoms with E-state index in [2.05, 4.69) is 34.4 Å². The number of hydrogen-bond donors (Lipinski definition) is 1. The molecule has 108 valence electrons. The summed E-state index contributed by atoms with van der Waals surface area (Å²) in [5.74, 6) is 1.24. The Morgan fingerprint density at radius 3 is 2.95 bits per heavy atom. The van der Waals surface area contributed by atoms with E-state index in [9.17, 15) is 0 Å². The molecule has 0 saturated heterocycles. The lowest BCUT2D eigenvalue weighted by Gasteiger charge is -2.24. The Hall–Kier alpha value is -0.0600. The first-order valence-electron chi connectivity index (χ1n) is 7.62. The lowest BCUT2D eigenvalue weighted by atomic mass is 10.0. The normalized spacial score (nSPS) is 18.6. The molecule has 0 bridgehead atoms. The first kappa shape index (κ1) is 15.3. The van der Waals surface area contributed by atoms with Gasteiger partial charge in [0.2, 0.25) is 0 Å². The third-order valence-electron chi connectivity index (χ3n) is 3.67. The van der Waals surface area contributed by atoms with Crippen LogP contribution in [-0.2, 0) is 6.42 Å². The monoisotopic (exact) mass is 298 g/mol. The molecule has 1 aromatic rings. The first-order chi connectivity index (χ1) is 9.38. The predicted octanol–water partition coefficient (Wildman–Crippen LogP) is 4.12. The van der Waals surface area contributed by atoms with Crippen LogP contribution in [0.15, 0.2) is 11.6 Å². The summed E-state index contributed by atoms with van der Waals surface area (Å²) < 4.78 is 0. The molecule has 0 aliphatic heterocycles. The van der Waals surface area contributed by atoms with Crippen molar-refractivity contribution in [3.8, 4) is 0 Å². The molecule has 4 heteroatoms. The van der Waals surface area contributed by atoms with Crippen molar-refractivity contribution in [2.75, 3.05) is 12.3 Å². The zero-order valence-electron chi connectivity index (χ0n) is 11.9. The van der Waals surface area contributed by atoms with Gasteiger partial charge in [0.25, 0.3) is 0 Å². The van der Waals surface area contributed by atoms with E-state index in [0.717, 1.165) is 18.2 Å². The third kappa shape index (κ3) is 5.84. The first-order valence-corrected chi connectivity index (χ1v) is 9.54. The summed E-state index contributed by atoms with van der Waals surface area (Å²) in [7, 11) is 0. The zero-order valence-corrected chi connectivity index (χ0v) is 13.6. The van der Waals surface area contributed by atoms with Gasteiger partial charge in [-0.3, -0.25) is 0 Å². The van der Waals surface area contributed by atoms with Gasteiger partial charge in [-0.25, -0.2) is 4.98 Å². The maximum Gasteiger partial charge on any atom is 0.0940 e. The van der Waals surface area contributed by atoms with E-state index < -0.39 is 0 Å². The van der Waals surface area contributed by atoms with Crippen molar-refractivity contribution < 1.29 is 0 Å². The van der Waals surface area contributed by atoms with Gasteiger partial charge in [0.05, 0.1) is 5.01 Å². The Kier molecular flexibility index (Phi) is 7.25. The predicted molar refractivity (Wildman–Crippen MR) is 87.2 cm³/mol. The standard InChI is InChI=1S/C15H26N2S2/c1-2-8-16-13(11-15-17-9-10-18-15)12-19-14-6-4-3-5-7-14/h9-10,13-14,16H,2-8,11-12H2,1H3. The van der Waals surface area contributed by atoms with Gasteiger partial charge in [0.15, 0.2) is 0 Å². The minimum Gasteiger partial charge on any atom is -0.313 e. The van der Waals surface area contributed by atoms with Gasteiger partial charge in [-0.05, 0) is 25.8 Å². The molecule has 1 aromatic heterocycles. The summed E-state index contributed by atoms with van der Waals surface area (Å²) in [6, 6.07) is 0.595. The van der Waals surface area contributed by atoms with E-state index in [1.807, 2.05) is 6.20 Å². The molecule has 0 aromatic carbocycles. The van der Waals surface area contributed by atoms with Gasteiger partial charge in [0.1, 0.15) is 0 Å². The van der Waals surface area contributed by atoms with Crippen LogP contribution in [-0.4, -0.2) is 28.6 Å². The van der Waals surface area contributed by atoms with Crippen molar-refractivity contribution in [1.82, 2.24) is 10.3 Å². The fraction of sp³-hybridized carbons (Fsp3) is 0.800. The molecular formula is C15H26N2S2. The van der Waals surface area contributed by atoms with Crippen LogP contribution in [0.2, 0.25) is 0 Å². The molecule has 0 spiro atoms. The summed E-state index contributed by atoms with van der Waals surface area (Å²) in [5.41, 5.74) is 0. The van der Waals surface area contributed by atoms with Crippen LogP contribution < -0.4 is 5.32 Å². The number of nitrogens with zero attached hydrogens (tertiary/aromatic N) is 1. The quantitative estimate of drug-likeness (QED) is 0.781. The van der Waals surface area contributed by atoms with Crippen LogP contribution in [0.25, 0.3) is 0 Å². The number of thiazole rings is 1. The number of thioether (sulfide) groups is 1. The fourth-order valence-corrected chi connectivity index (χ4v) is 4.69. The Morgan fingerprint density at radius 1 is 1.42 bits per heavy atom. The van der Waals surface area contributed by atoms with E-state index in [1.165, 1.54) is 49.3 Å². The molecular weight excluding hydrogens is 272 g/mol. The van der Waals surface area contributed by atoms with E-state index in [-0.39, 0.29) is 0 Å². The van der Waals surface area contributed by atoms with Crippen LogP contribution in [0.4, 0.5) is 0 Å². The van der Waals surface area contributed by atoms with Crippen LogP contribution in [0.1, 0.15) is 50.5 Å². The summed E-state index contributed by atoms with van der Waals surface area (Å²) in [6.45, 7) is 3.36. The molecule has 1 heterocycles. The molecule has 1 unspecified atom stereocenters. The molecule has 19 heavy (non-hydrogen) atoms. The molecule has 1 N–H and O–H groups in total. The molecule has 1 aliphatic rings. The van der Waals surface area contributed by atoms with E-state index in [1.54, 1.807) is 11.3 Å².